The Labute approximate surface area is 130 Å². The number of hydrogen-bond donors (Lipinski definition) is 2. The van der Waals surface area contributed by atoms with Crippen LogP contribution in [0.15, 0.2) is 21.7 Å². The lowest BCUT2D eigenvalue weighted by atomic mass is 10.00. The summed E-state index contributed by atoms with van der Waals surface area (Å²) in [4.78, 5) is 29.5. The predicted octanol–water partition coefficient (Wildman–Crippen LogP) is 2.64. The molecule has 0 saturated heterocycles. The van der Waals surface area contributed by atoms with E-state index in [2.05, 4.69) is 9.97 Å². The van der Waals surface area contributed by atoms with Crippen LogP contribution in [0.25, 0.3) is 11.1 Å². The van der Waals surface area contributed by atoms with Gasteiger partial charge in [0.1, 0.15) is 0 Å². The van der Waals surface area contributed by atoms with Gasteiger partial charge in [-0.2, -0.15) is 0 Å². The average Bonchev–Trinajstić information content (AvgIpc) is 2.40. The fourth-order valence-corrected chi connectivity index (χ4v) is 2.16. The van der Waals surface area contributed by atoms with E-state index in [1.807, 2.05) is 0 Å². The molecule has 2 aromatic heterocycles. The number of aromatic nitrogens is 2. The monoisotopic (exact) mass is 308 g/mol. The first-order valence-corrected chi connectivity index (χ1v) is 6.04. The van der Waals surface area contributed by atoms with Gasteiger partial charge >= 0.3 is 0 Å². The van der Waals surface area contributed by atoms with Gasteiger partial charge in [0.25, 0.3) is 11.1 Å². The van der Waals surface area contributed by atoms with Crippen LogP contribution in [0, 0.1) is 13.8 Å². The van der Waals surface area contributed by atoms with Crippen molar-refractivity contribution in [1.82, 2.24) is 9.97 Å². The van der Waals surface area contributed by atoms with Crippen molar-refractivity contribution in [3.63, 3.8) is 0 Å². The second kappa shape index (κ2) is 7.49. The number of H-pyrrole nitrogens is 2. The molecule has 0 bridgehead atoms. The van der Waals surface area contributed by atoms with Crippen LogP contribution in [0.2, 0.25) is 0 Å². The average molecular weight is 308 g/mol. The van der Waals surface area contributed by atoms with Gasteiger partial charge in [-0.05, 0) is 25.0 Å². The number of hydrogen-bond acceptors (Lipinski definition) is 4. The lowest BCUT2D eigenvalue weighted by Crippen LogP contribution is -2.19. The molecule has 2 aromatic rings. The molecule has 0 unspecified atom stereocenters. The molecule has 2 heterocycles. The lowest BCUT2D eigenvalue weighted by molar-refractivity contribution is 0.395. The Kier molecular flexibility index (Phi) is 6.64. The molecule has 0 atom stereocenters. The fourth-order valence-electron chi connectivity index (χ4n) is 2.16. The van der Waals surface area contributed by atoms with Gasteiger partial charge in [0, 0.05) is 12.1 Å². The number of nitrogens with one attached hydrogen (secondary N) is 2. The van der Waals surface area contributed by atoms with E-state index in [0.717, 1.165) is 0 Å². The smallest absolute Gasteiger partial charge is 0.259 e. The fraction of sp³-hybridized carbons (Fsp3) is 0.375. The van der Waals surface area contributed by atoms with Crippen LogP contribution in [-0.4, -0.2) is 24.2 Å². The van der Waals surface area contributed by atoms with Gasteiger partial charge in [-0.25, -0.2) is 0 Å². The van der Waals surface area contributed by atoms with E-state index in [0.29, 0.717) is 34.0 Å². The summed E-state index contributed by atoms with van der Waals surface area (Å²) in [6.45, 7) is 3.52. The largest absolute Gasteiger partial charge is 0.482 e. The van der Waals surface area contributed by atoms with Crippen LogP contribution >= 0.6 is 0 Å². The number of rotatable bonds is 3. The van der Waals surface area contributed by atoms with Gasteiger partial charge in [0.2, 0.25) is 0 Å². The summed E-state index contributed by atoms with van der Waals surface area (Å²) < 4.78 is 10.0. The minimum absolute atomic E-state index is 0. The summed E-state index contributed by atoms with van der Waals surface area (Å²) in [6.07, 6.45) is 0. The van der Waals surface area contributed by atoms with Crippen LogP contribution in [0.3, 0.4) is 0 Å². The van der Waals surface area contributed by atoms with Crippen molar-refractivity contribution in [3.8, 4) is 22.9 Å². The summed E-state index contributed by atoms with van der Waals surface area (Å²) in [5.41, 5.74) is 1.30. The highest BCUT2D eigenvalue weighted by Gasteiger charge is 2.16. The third-order valence-corrected chi connectivity index (χ3v) is 3.10. The highest BCUT2D eigenvalue weighted by atomic mass is 16.5. The molecule has 0 radical (unpaired) electrons. The van der Waals surface area contributed by atoms with E-state index >= 15 is 0 Å². The molecular formula is C16H24N2O4. The van der Waals surface area contributed by atoms with Crippen molar-refractivity contribution < 1.29 is 9.47 Å². The third-order valence-electron chi connectivity index (χ3n) is 3.10. The molecule has 0 saturated carbocycles. The van der Waals surface area contributed by atoms with Gasteiger partial charge in [-0.1, -0.05) is 14.9 Å². The standard InChI is InChI=1S/C14H16N2O4.2CH4/c1-7-5-9(19-3)15-13(17)11(7)12-8(2)6-10(20-4)16-14(12)18;;/h5-6H,1-4H3,(H,15,17)(H,16,18);2*1H4. The zero-order valence-electron chi connectivity index (χ0n) is 11.8. The van der Waals surface area contributed by atoms with E-state index in [1.165, 1.54) is 14.2 Å². The normalized spacial score (nSPS) is 9.45. The van der Waals surface area contributed by atoms with Crippen LogP contribution in [0.4, 0.5) is 0 Å². The summed E-state index contributed by atoms with van der Waals surface area (Å²) in [6, 6.07) is 3.36. The minimum Gasteiger partial charge on any atom is -0.482 e. The minimum atomic E-state index is -0.361. The highest BCUT2D eigenvalue weighted by molar-refractivity contribution is 5.69. The number of aromatic amines is 2. The van der Waals surface area contributed by atoms with Crippen LogP contribution in [-0.2, 0) is 0 Å². The molecular weight excluding hydrogens is 284 g/mol. The molecule has 0 aromatic carbocycles. The molecule has 0 aliphatic heterocycles. The van der Waals surface area contributed by atoms with Crippen molar-refractivity contribution >= 4 is 0 Å². The van der Waals surface area contributed by atoms with Crippen molar-refractivity contribution in [1.29, 1.82) is 0 Å². The maximum absolute atomic E-state index is 12.2. The molecule has 0 spiro atoms. The number of aryl methyl sites for hydroxylation is 2. The first-order valence-electron chi connectivity index (χ1n) is 6.04. The molecule has 2 rings (SSSR count). The van der Waals surface area contributed by atoms with Crippen molar-refractivity contribution in [2.45, 2.75) is 28.7 Å². The second-order valence-electron chi connectivity index (χ2n) is 4.45. The summed E-state index contributed by atoms with van der Waals surface area (Å²) in [5.74, 6) is 0.720. The molecule has 0 amide bonds. The van der Waals surface area contributed by atoms with Crippen LogP contribution in [0.5, 0.6) is 11.8 Å². The molecule has 0 fully saturated rings. The van der Waals surface area contributed by atoms with Crippen LogP contribution < -0.4 is 20.6 Å². The highest BCUT2D eigenvalue weighted by Crippen LogP contribution is 2.23. The lowest BCUT2D eigenvalue weighted by Gasteiger charge is -2.10. The summed E-state index contributed by atoms with van der Waals surface area (Å²) >= 11 is 0. The topological polar surface area (TPSA) is 84.2 Å². The Morgan fingerprint density at radius 2 is 1.09 bits per heavy atom. The SMILES string of the molecule is C.C.COc1cc(C)c(-c2c(C)cc(OC)[nH]c2=O)c(=O)[nH]1. The Morgan fingerprint density at radius 1 is 0.773 bits per heavy atom. The van der Waals surface area contributed by atoms with E-state index < -0.39 is 0 Å². The molecule has 0 aliphatic rings. The molecule has 6 nitrogen and oxygen atoms in total. The quantitative estimate of drug-likeness (QED) is 0.913. The Hall–Kier alpha value is -2.50. The maximum Gasteiger partial charge on any atom is 0.259 e. The van der Waals surface area contributed by atoms with Crippen molar-refractivity contribution in [2.24, 2.45) is 0 Å². The second-order valence-corrected chi connectivity index (χ2v) is 4.45. The molecule has 0 aliphatic carbocycles. The van der Waals surface area contributed by atoms with Crippen molar-refractivity contribution in [2.75, 3.05) is 14.2 Å². The maximum atomic E-state index is 12.2. The zero-order chi connectivity index (χ0) is 14.9. The Morgan fingerprint density at radius 3 is 1.32 bits per heavy atom. The zero-order valence-corrected chi connectivity index (χ0v) is 11.8. The van der Waals surface area contributed by atoms with Gasteiger partial charge in [-0.15, -0.1) is 0 Å². The van der Waals surface area contributed by atoms with E-state index in [-0.39, 0.29) is 26.0 Å². The molecule has 22 heavy (non-hydrogen) atoms. The first kappa shape index (κ1) is 19.5. The van der Waals surface area contributed by atoms with E-state index in [1.54, 1.807) is 26.0 Å². The Bertz CT molecular complexity index is 694. The summed E-state index contributed by atoms with van der Waals surface area (Å²) in [7, 11) is 2.94. The van der Waals surface area contributed by atoms with E-state index in [9.17, 15) is 9.59 Å². The first-order chi connectivity index (χ1) is 9.47. The van der Waals surface area contributed by atoms with Gasteiger partial charge in [-0.3, -0.25) is 19.6 Å². The number of pyridine rings is 2. The molecule has 6 heteroatoms. The number of methoxy groups -OCH3 is 2. The van der Waals surface area contributed by atoms with Gasteiger partial charge in [0.15, 0.2) is 11.8 Å². The third kappa shape index (κ3) is 3.39. The molecule has 2 N–H and O–H groups in total. The predicted molar refractivity (Wildman–Crippen MR) is 89.2 cm³/mol. The van der Waals surface area contributed by atoms with Crippen molar-refractivity contribution in [3.05, 3.63) is 44.0 Å². The van der Waals surface area contributed by atoms with Gasteiger partial charge < -0.3 is 9.47 Å². The van der Waals surface area contributed by atoms with E-state index in [4.69, 9.17) is 9.47 Å². The summed E-state index contributed by atoms with van der Waals surface area (Å²) in [5, 5.41) is 0. The number of ether oxygens (including phenoxy) is 2. The molecule has 122 valence electrons. The Balaban J connectivity index is 0.00000220. The van der Waals surface area contributed by atoms with Crippen LogP contribution in [0.1, 0.15) is 26.0 Å². The van der Waals surface area contributed by atoms with Gasteiger partial charge in [0.05, 0.1) is 25.3 Å².